The monoisotopic (exact) mass is 267 g/mol. The molecule has 1 unspecified atom stereocenters. The van der Waals surface area contributed by atoms with E-state index in [1.807, 2.05) is 0 Å². The fourth-order valence-electron chi connectivity index (χ4n) is 3.74. The van der Waals surface area contributed by atoms with Gasteiger partial charge < -0.3 is 10.0 Å². The van der Waals surface area contributed by atoms with Crippen LogP contribution in [0.3, 0.4) is 0 Å². The molecule has 1 N–H and O–H groups in total. The molecule has 0 radical (unpaired) electrons. The molecule has 3 heteroatoms. The summed E-state index contributed by atoms with van der Waals surface area (Å²) in [5.41, 5.74) is 0. The maximum Gasteiger partial charge on any atom is 0.222 e. The Morgan fingerprint density at radius 3 is 2.58 bits per heavy atom. The van der Waals surface area contributed by atoms with Crippen LogP contribution in [0.4, 0.5) is 0 Å². The van der Waals surface area contributed by atoms with Crippen molar-refractivity contribution < 1.29 is 9.90 Å². The lowest BCUT2D eigenvalue weighted by atomic mass is 9.86. The summed E-state index contributed by atoms with van der Waals surface area (Å²) in [5.74, 6) is 1.17. The van der Waals surface area contributed by atoms with Crippen molar-refractivity contribution in [3.63, 3.8) is 0 Å². The predicted octanol–water partition coefficient (Wildman–Crippen LogP) is 3.11. The molecular formula is C16H29NO2. The number of hydrogen-bond donors (Lipinski definition) is 1. The van der Waals surface area contributed by atoms with Gasteiger partial charge in [0.1, 0.15) is 0 Å². The van der Waals surface area contributed by atoms with E-state index in [0.29, 0.717) is 11.9 Å². The molecule has 1 atom stereocenters. The van der Waals surface area contributed by atoms with Crippen LogP contribution in [-0.2, 0) is 4.79 Å². The number of carbonyl (C=O) groups excluding carboxylic acids is 1. The lowest BCUT2D eigenvalue weighted by Gasteiger charge is -2.26. The van der Waals surface area contributed by atoms with E-state index in [1.54, 1.807) is 0 Å². The molecule has 1 heterocycles. The lowest BCUT2D eigenvalue weighted by molar-refractivity contribution is -0.132. The number of aliphatic hydroxyl groups is 1. The van der Waals surface area contributed by atoms with E-state index in [0.717, 1.165) is 51.0 Å². The second-order valence-corrected chi connectivity index (χ2v) is 6.29. The van der Waals surface area contributed by atoms with Crippen LogP contribution in [0.1, 0.15) is 70.6 Å². The third-order valence-electron chi connectivity index (χ3n) is 4.88. The van der Waals surface area contributed by atoms with E-state index >= 15 is 0 Å². The van der Waals surface area contributed by atoms with Crippen LogP contribution in [0, 0.1) is 5.92 Å². The van der Waals surface area contributed by atoms with Gasteiger partial charge >= 0.3 is 0 Å². The Bertz CT molecular complexity index is 274. The minimum Gasteiger partial charge on any atom is -0.396 e. The number of carbonyl (C=O) groups is 1. The van der Waals surface area contributed by atoms with Gasteiger partial charge in [-0.2, -0.15) is 0 Å². The molecule has 110 valence electrons. The molecule has 1 saturated carbocycles. The smallest absolute Gasteiger partial charge is 0.222 e. The molecule has 19 heavy (non-hydrogen) atoms. The van der Waals surface area contributed by atoms with Crippen molar-refractivity contribution >= 4 is 5.91 Å². The normalized spacial score (nSPS) is 24.9. The molecule has 1 saturated heterocycles. The summed E-state index contributed by atoms with van der Waals surface area (Å²) in [5, 5.41) is 8.92. The molecule has 0 bridgehead atoms. The van der Waals surface area contributed by atoms with Crippen molar-refractivity contribution in [1.29, 1.82) is 0 Å². The van der Waals surface area contributed by atoms with Gasteiger partial charge in [-0.3, -0.25) is 4.79 Å². The Balaban J connectivity index is 1.71. The predicted molar refractivity (Wildman–Crippen MR) is 76.9 cm³/mol. The van der Waals surface area contributed by atoms with Crippen LogP contribution in [0.15, 0.2) is 0 Å². The largest absolute Gasteiger partial charge is 0.396 e. The van der Waals surface area contributed by atoms with Gasteiger partial charge in [-0.1, -0.05) is 32.1 Å². The fraction of sp³-hybridized carbons (Fsp3) is 0.938. The van der Waals surface area contributed by atoms with Crippen molar-refractivity contribution in [2.75, 3.05) is 13.2 Å². The first kappa shape index (κ1) is 14.8. The van der Waals surface area contributed by atoms with Gasteiger partial charge in [-0.15, -0.1) is 0 Å². The molecule has 3 nitrogen and oxygen atoms in total. The zero-order valence-electron chi connectivity index (χ0n) is 12.1. The minimum atomic E-state index is 0.251. The van der Waals surface area contributed by atoms with Gasteiger partial charge in [0.15, 0.2) is 0 Å². The van der Waals surface area contributed by atoms with E-state index < -0.39 is 0 Å². The van der Waals surface area contributed by atoms with Gasteiger partial charge in [0.05, 0.1) is 0 Å². The molecule has 1 aliphatic heterocycles. The molecule has 0 aromatic rings. The summed E-state index contributed by atoms with van der Waals surface area (Å²) >= 11 is 0. The third kappa shape index (κ3) is 4.48. The molecule has 2 fully saturated rings. The highest BCUT2D eigenvalue weighted by Crippen LogP contribution is 2.28. The van der Waals surface area contributed by atoms with Gasteiger partial charge in [-0.25, -0.2) is 0 Å². The van der Waals surface area contributed by atoms with E-state index in [-0.39, 0.29) is 6.61 Å². The number of amides is 1. The number of nitrogens with zero attached hydrogens (tertiary/aromatic N) is 1. The third-order valence-corrected chi connectivity index (χ3v) is 4.88. The van der Waals surface area contributed by atoms with E-state index in [2.05, 4.69) is 4.90 Å². The number of aliphatic hydroxyl groups excluding tert-OH is 1. The molecule has 1 amide bonds. The Hall–Kier alpha value is -0.570. The van der Waals surface area contributed by atoms with Crippen molar-refractivity contribution in [2.45, 2.75) is 76.7 Å². The lowest BCUT2D eigenvalue weighted by Crippen LogP contribution is -2.35. The fourth-order valence-corrected chi connectivity index (χ4v) is 3.74. The van der Waals surface area contributed by atoms with Crippen LogP contribution in [0.5, 0.6) is 0 Å². The summed E-state index contributed by atoms with van der Waals surface area (Å²) < 4.78 is 0. The second kappa shape index (κ2) is 7.88. The first-order valence-electron chi connectivity index (χ1n) is 8.21. The standard InChI is InChI=1S/C16H29NO2/c18-13-5-9-15-8-4-12-17(15)16(19)11-10-14-6-2-1-3-7-14/h14-15,18H,1-13H2. The molecular weight excluding hydrogens is 238 g/mol. The zero-order valence-corrected chi connectivity index (χ0v) is 12.1. The van der Waals surface area contributed by atoms with Crippen LogP contribution in [0.25, 0.3) is 0 Å². The quantitative estimate of drug-likeness (QED) is 0.803. The van der Waals surface area contributed by atoms with E-state index in [4.69, 9.17) is 5.11 Å². The van der Waals surface area contributed by atoms with Crippen LogP contribution in [-0.4, -0.2) is 35.1 Å². The highest BCUT2D eigenvalue weighted by atomic mass is 16.3. The molecule has 1 aliphatic carbocycles. The molecule has 2 aliphatic rings. The average Bonchev–Trinajstić information content (AvgIpc) is 2.92. The van der Waals surface area contributed by atoms with E-state index in [9.17, 15) is 4.79 Å². The second-order valence-electron chi connectivity index (χ2n) is 6.29. The van der Waals surface area contributed by atoms with E-state index in [1.165, 1.54) is 32.1 Å². The van der Waals surface area contributed by atoms with Gasteiger partial charge in [0.2, 0.25) is 5.91 Å². The molecule has 0 spiro atoms. The van der Waals surface area contributed by atoms with Gasteiger partial charge in [0, 0.05) is 25.6 Å². The van der Waals surface area contributed by atoms with Crippen molar-refractivity contribution in [1.82, 2.24) is 4.90 Å². The van der Waals surface area contributed by atoms with Crippen LogP contribution in [0.2, 0.25) is 0 Å². The molecule has 0 aromatic heterocycles. The van der Waals surface area contributed by atoms with Crippen molar-refractivity contribution in [2.24, 2.45) is 5.92 Å². The highest BCUT2D eigenvalue weighted by Gasteiger charge is 2.28. The summed E-state index contributed by atoms with van der Waals surface area (Å²) in [6.07, 6.45) is 12.7. The van der Waals surface area contributed by atoms with Gasteiger partial charge in [0.25, 0.3) is 0 Å². The Kier molecular flexibility index (Phi) is 6.15. The zero-order chi connectivity index (χ0) is 13.5. The minimum absolute atomic E-state index is 0.251. The molecule has 0 aromatic carbocycles. The van der Waals surface area contributed by atoms with Crippen LogP contribution < -0.4 is 0 Å². The topological polar surface area (TPSA) is 40.5 Å². The van der Waals surface area contributed by atoms with Gasteiger partial charge in [-0.05, 0) is 38.0 Å². The first-order chi connectivity index (χ1) is 9.31. The number of hydrogen-bond acceptors (Lipinski definition) is 2. The molecule has 2 rings (SSSR count). The number of likely N-dealkylation sites (tertiary alicyclic amines) is 1. The maximum absolute atomic E-state index is 12.3. The summed E-state index contributed by atoms with van der Waals surface area (Å²) in [6, 6.07) is 0.408. The Labute approximate surface area is 117 Å². The number of rotatable bonds is 6. The highest BCUT2D eigenvalue weighted by molar-refractivity contribution is 5.76. The maximum atomic E-state index is 12.3. The average molecular weight is 267 g/mol. The Morgan fingerprint density at radius 1 is 1.05 bits per heavy atom. The van der Waals surface area contributed by atoms with Crippen LogP contribution >= 0.6 is 0 Å². The van der Waals surface area contributed by atoms with Crippen molar-refractivity contribution in [3.8, 4) is 0 Å². The summed E-state index contributed by atoms with van der Waals surface area (Å²) in [7, 11) is 0. The summed E-state index contributed by atoms with van der Waals surface area (Å²) in [6.45, 7) is 1.19. The first-order valence-corrected chi connectivity index (χ1v) is 8.21. The summed E-state index contributed by atoms with van der Waals surface area (Å²) in [4.78, 5) is 14.4. The SMILES string of the molecule is O=C(CCC1CCCCC1)N1CCCC1CCCO. The Morgan fingerprint density at radius 2 is 1.84 bits per heavy atom. The van der Waals surface area contributed by atoms with Crippen molar-refractivity contribution in [3.05, 3.63) is 0 Å².